The first-order chi connectivity index (χ1) is 54.1. The molecule has 21 aromatic rings. The van der Waals surface area contributed by atoms with Crippen molar-refractivity contribution in [1.29, 1.82) is 0 Å². The van der Waals surface area contributed by atoms with E-state index in [1.807, 2.05) is 46.1 Å². The molecule has 4 aliphatic rings. The zero-order valence-electron chi connectivity index (χ0n) is 60.7. The van der Waals surface area contributed by atoms with Crippen LogP contribution < -0.4 is 9.80 Å². The molecule has 0 unspecified atom stereocenters. The van der Waals surface area contributed by atoms with E-state index in [9.17, 15) is 0 Å². The third-order valence-corrected chi connectivity index (χ3v) is 28.1. The lowest BCUT2D eigenvalue weighted by atomic mass is 9.79. The van der Waals surface area contributed by atoms with Gasteiger partial charge < -0.3 is 14.2 Å². The second-order valence-corrected chi connectivity index (χ2v) is 34.5. The number of nitrogens with zero attached hydrogens (tertiary/aromatic N) is 2. The summed E-state index contributed by atoms with van der Waals surface area (Å²) in [5.74, 6) is 0. The predicted molar refractivity (Wildman–Crippen MR) is 473 cm³/mol. The number of furan rings is 1. The van der Waals surface area contributed by atoms with Crippen LogP contribution in [0.5, 0.6) is 0 Å². The lowest BCUT2D eigenvalue weighted by Gasteiger charge is -2.28. The molecule has 17 aromatic carbocycles. The zero-order chi connectivity index (χ0) is 72.6. The Morgan fingerprint density at radius 1 is 0.218 bits per heavy atom. The molecule has 6 heteroatoms. The Hall–Kier alpha value is -12.7. The van der Waals surface area contributed by atoms with Crippen molar-refractivity contribution in [3.63, 3.8) is 0 Å². The summed E-state index contributed by atoms with van der Waals surface area (Å²) in [6.45, 7) is 9.56. The van der Waals surface area contributed by atoms with Gasteiger partial charge in [-0.05, 0) is 238 Å². The summed E-state index contributed by atoms with van der Waals surface area (Å²) in [5.41, 5.74) is 32.3. The average molecular weight is 1460 g/mol. The Labute approximate surface area is 647 Å². The number of hydrogen-bond acceptors (Lipinski definition) is 6. The second-order valence-electron chi connectivity index (χ2n) is 31.3. The third kappa shape index (κ3) is 8.75. The fourth-order valence-electron chi connectivity index (χ4n) is 19.8. The van der Waals surface area contributed by atoms with E-state index in [4.69, 9.17) is 4.42 Å². The van der Waals surface area contributed by atoms with E-state index in [1.54, 1.807) is 0 Å². The molecule has 0 bridgehead atoms. The Balaban J connectivity index is 0.000000129. The van der Waals surface area contributed by atoms with Gasteiger partial charge in [-0.1, -0.05) is 228 Å². The number of anilines is 6. The molecule has 0 saturated heterocycles. The summed E-state index contributed by atoms with van der Waals surface area (Å²) >= 11 is 5.76. The molecule has 0 radical (unpaired) electrons. The van der Waals surface area contributed by atoms with E-state index >= 15 is 0 Å². The van der Waals surface area contributed by atoms with Crippen molar-refractivity contribution in [2.24, 2.45) is 0 Å². The molecule has 3 nitrogen and oxygen atoms in total. The fraction of sp³-hybridized carbons (Fsp3) is 0.0577. The van der Waals surface area contributed by atoms with Gasteiger partial charge in [0.1, 0.15) is 11.2 Å². The lowest BCUT2D eigenvalue weighted by molar-refractivity contribution is 0.660. The van der Waals surface area contributed by atoms with Gasteiger partial charge in [0.2, 0.25) is 0 Å². The van der Waals surface area contributed by atoms with Crippen molar-refractivity contribution in [3.8, 4) is 77.9 Å². The summed E-state index contributed by atoms with van der Waals surface area (Å²) in [6.07, 6.45) is 0. The monoisotopic (exact) mass is 1450 g/mol. The quantitative estimate of drug-likeness (QED) is 0.144. The van der Waals surface area contributed by atoms with Gasteiger partial charge in [-0.2, -0.15) is 0 Å². The maximum absolute atomic E-state index is 6.45. The average Bonchev–Trinajstić information content (AvgIpc) is 1.52. The fourth-order valence-corrected chi connectivity index (χ4v) is 23.2. The molecule has 4 aromatic heterocycles. The van der Waals surface area contributed by atoms with Gasteiger partial charge in [0.25, 0.3) is 0 Å². The van der Waals surface area contributed by atoms with Crippen molar-refractivity contribution in [1.82, 2.24) is 0 Å². The van der Waals surface area contributed by atoms with E-state index in [-0.39, 0.29) is 10.8 Å². The van der Waals surface area contributed by atoms with E-state index in [0.717, 1.165) is 50.4 Å². The number of para-hydroxylation sites is 2. The zero-order valence-corrected chi connectivity index (χ0v) is 63.2. The lowest BCUT2D eigenvalue weighted by Crippen LogP contribution is -2.16. The van der Waals surface area contributed by atoms with Gasteiger partial charge in [0.05, 0.1) is 0 Å². The molecule has 0 spiro atoms. The van der Waals surface area contributed by atoms with Gasteiger partial charge in [-0.3, -0.25) is 0 Å². The molecule has 0 N–H and O–H groups in total. The Bertz CT molecular complexity index is 7570. The van der Waals surface area contributed by atoms with Crippen molar-refractivity contribution >= 4 is 172 Å². The maximum Gasteiger partial charge on any atom is 0.137 e. The molecule has 110 heavy (non-hydrogen) atoms. The number of thiophene rings is 3. The van der Waals surface area contributed by atoms with Crippen LogP contribution in [0.3, 0.4) is 0 Å². The highest BCUT2D eigenvalue weighted by molar-refractivity contribution is 7.27. The van der Waals surface area contributed by atoms with Crippen molar-refractivity contribution in [2.45, 2.75) is 38.5 Å². The highest BCUT2D eigenvalue weighted by atomic mass is 32.1. The molecule has 0 amide bonds. The summed E-state index contributed by atoms with van der Waals surface area (Å²) in [6, 6.07) is 122. The summed E-state index contributed by atoms with van der Waals surface area (Å²) in [4.78, 5) is 4.79. The highest BCUT2D eigenvalue weighted by Crippen LogP contribution is 2.62. The Kier molecular flexibility index (Phi) is 13.0. The smallest absolute Gasteiger partial charge is 0.137 e. The standard InChI is InChI=1S/C52H29NOS2.C52H37NS/c1-2-10-30(11-3-1)31-12-6-14-33(26-31)53(35-22-23-37-36-16-4-5-19-42(36)54-43(37)28-35)34-15-7-13-32(27-34)41-29-47-52-49-39(18-9-21-45(49)56-47)38-17-8-20-44-48(38)51-46(55-44)25-24-40(41)50(51)52;1-51(2)40-17-9-8-14-34(40)35-25-24-33(28-42(35)51)53(31-12-6-5-7-13-31)32-22-20-30(21-23-32)39-29-43-49-46-36(15-10-18-41(46)52(43,3)4)37-16-11-19-44-47(37)50-45(54-44)27-26-38(39)48(49)50/h1-29H;5-29H,1-4H3. The van der Waals surface area contributed by atoms with E-state index in [1.165, 1.54) is 188 Å². The van der Waals surface area contributed by atoms with Gasteiger partial charge >= 0.3 is 0 Å². The van der Waals surface area contributed by atoms with Crippen LogP contribution in [-0.4, -0.2) is 0 Å². The molecular weight excluding hydrogens is 1390 g/mol. The molecule has 4 aliphatic carbocycles. The summed E-state index contributed by atoms with van der Waals surface area (Å²) in [7, 11) is 0. The van der Waals surface area contributed by atoms with Crippen LogP contribution >= 0.6 is 34.0 Å². The second kappa shape index (κ2) is 22.9. The number of hydrogen-bond donors (Lipinski definition) is 0. The van der Waals surface area contributed by atoms with E-state index in [2.05, 4.69) is 353 Å². The van der Waals surface area contributed by atoms with Crippen LogP contribution in [0.4, 0.5) is 34.1 Å². The molecule has 0 aliphatic heterocycles. The van der Waals surface area contributed by atoms with Gasteiger partial charge in [-0.15, -0.1) is 34.0 Å². The van der Waals surface area contributed by atoms with Gasteiger partial charge in [0, 0.05) is 128 Å². The Morgan fingerprint density at radius 2 is 0.673 bits per heavy atom. The SMILES string of the molecule is CC1(C)c2ccccc2-c2ccc(N(c3ccccc3)c3ccc(-c4cc5c6c7c4ccc4sc8cccc(c8c47)-c4cccc(c4-6)C5(C)C)cc3)cc21.c1ccc(-c2cccc(N(c3cccc(-c4cc5sc6cccc7c6c5c5c4ccc4sc6cccc-7c6c45)c3)c3ccc4c(c3)oc3ccccc34)c2)cc1. The van der Waals surface area contributed by atoms with E-state index in [0.29, 0.717) is 0 Å². The minimum atomic E-state index is -0.113. The highest BCUT2D eigenvalue weighted by Gasteiger charge is 2.42. The minimum Gasteiger partial charge on any atom is -0.456 e. The van der Waals surface area contributed by atoms with E-state index < -0.39 is 0 Å². The summed E-state index contributed by atoms with van der Waals surface area (Å²) < 4.78 is 14.6. The minimum absolute atomic E-state index is 0.0710. The molecular formula is C104H66N2OS3. The van der Waals surface area contributed by atoms with Crippen LogP contribution in [0.1, 0.15) is 49.9 Å². The summed E-state index contributed by atoms with van der Waals surface area (Å²) in [5, 5.41) is 16.1. The van der Waals surface area contributed by atoms with Crippen LogP contribution in [0, 0.1) is 0 Å². The van der Waals surface area contributed by atoms with Crippen LogP contribution in [0.25, 0.3) is 182 Å². The normalized spacial score (nSPS) is 13.6. The first kappa shape index (κ1) is 62.4. The first-order valence-corrected chi connectivity index (χ1v) is 40.5. The Morgan fingerprint density at radius 3 is 1.41 bits per heavy atom. The maximum atomic E-state index is 6.45. The molecule has 0 saturated carbocycles. The van der Waals surface area contributed by atoms with Crippen LogP contribution in [0.2, 0.25) is 0 Å². The van der Waals surface area contributed by atoms with Crippen molar-refractivity contribution in [3.05, 3.63) is 350 Å². The molecule has 25 rings (SSSR count). The van der Waals surface area contributed by atoms with Gasteiger partial charge in [0.15, 0.2) is 0 Å². The van der Waals surface area contributed by atoms with Gasteiger partial charge in [-0.25, -0.2) is 0 Å². The third-order valence-electron chi connectivity index (χ3n) is 24.7. The van der Waals surface area contributed by atoms with Crippen molar-refractivity contribution < 1.29 is 4.42 Å². The largest absolute Gasteiger partial charge is 0.456 e. The number of fused-ring (bicyclic) bond motifs is 8. The van der Waals surface area contributed by atoms with Crippen LogP contribution in [0.15, 0.2) is 332 Å². The molecule has 0 atom stereocenters. The number of benzene rings is 17. The molecule has 4 heterocycles. The molecule has 0 fully saturated rings. The first-order valence-electron chi connectivity index (χ1n) is 38.1. The predicted octanol–water partition coefficient (Wildman–Crippen LogP) is 31.2. The topological polar surface area (TPSA) is 19.6 Å². The number of rotatable bonds is 9. The molecule has 516 valence electrons. The van der Waals surface area contributed by atoms with Crippen molar-refractivity contribution in [2.75, 3.05) is 9.80 Å². The van der Waals surface area contributed by atoms with Crippen LogP contribution in [-0.2, 0) is 10.8 Å².